The summed E-state index contributed by atoms with van der Waals surface area (Å²) in [5, 5.41) is 9.50. The number of hydrogen-bond donors (Lipinski definition) is 1. The summed E-state index contributed by atoms with van der Waals surface area (Å²) in [6, 6.07) is 0. The first-order valence-corrected chi connectivity index (χ1v) is 13.8. The van der Waals surface area contributed by atoms with E-state index >= 15 is 0 Å². The fraction of sp³-hybridized carbons (Fsp3) is 0.688. The van der Waals surface area contributed by atoms with Crippen LogP contribution in [0.2, 0.25) is 0 Å². The van der Waals surface area contributed by atoms with Gasteiger partial charge in [0.25, 0.3) is 0 Å². The first-order valence-electron chi connectivity index (χ1n) is 13.8. The van der Waals surface area contributed by atoms with E-state index in [1.54, 1.807) is 0 Å². The predicted octanol–water partition coefficient (Wildman–Crippen LogP) is 8.30. The van der Waals surface area contributed by atoms with Crippen molar-refractivity contribution < 1.29 is 19.4 Å². The van der Waals surface area contributed by atoms with Gasteiger partial charge in [-0.25, -0.2) is 0 Å². The predicted molar refractivity (Wildman–Crippen MR) is 149 cm³/mol. The van der Waals surface area contributed by atoms with E-state index in [-0.39, 0.29) is 35.1 Å². The van der Waals surface area contributed by atoms with Crippen molar-refractivity contribution in [2.45, 2.75) is 99.3 Å². The third kappa shape index (κ3) is 6.61. The number of hydrogen-bond acceptors (Lipinski definition) is 3. The van der Waals surface area contributed by atoms with Crippen LogP contribution in [0.1, 0.15) is 99.3 Å². The molecule has 202 valence electrons. The van der Waals surface area contributed by atoms with E-state index in [9.17, 15) is 14.7 Å². The Hall–Kier alpha value is -2.10. The summed E-state index contributed by atoms with van der Waals surface area (Å²) < 4.78 is 5.27. The topological polar surface area (TPSA) is 63.6 Å². The largest absolute Gasteiger partial charge is 0.481 e. The summed E-state index contributed by atoms with van der Waals surface area (Å²) in [5.74, 6) is 0.319. The summed E-state index contributed by atoms with van der Waals surface area (Å²) >= 11 is 0. The monoisotopic (exact) mass is 498 g/mol. The Bertz CT molecular complexity index is 896. The Kier molecular flexibility index (Phi) is 10.4. The molecule has 0 aromatic rings. The van der Waals surface area contributed by atoms with Gasteiger partial charge in [0, 0.05) is 12.8 Å². The van der Waals surface area contributed by atoms with Crippen LogP contribution in [0.25, 0.3) is 0 Å². The molecule has 4 heteroatoms. The Labute approximate surface area is 220 Å². The average Bonchev–Trinajstić information content (AvgIpc) is 2.77. The van der Waals surface area contributed by atoms with Gasteiger partial charge >= 0.3 is 11.9 Å². The van der Waals surface area contributed by atoms with Gasteiger partial charge in [-0.15, -0.1) is 0 Å². The molecule has 2 aliphatic rings. The molecule has 1 fully saturated rings. The van der Waals surface area contributed by atoms with Crippen LogP contribution in [0.4, 0.5) is 0 Å². The van der Waals surface area contributed by atoms with Gasteiger partial charge < -0.3 is 9.84 Å². The first kappa shape index (κ1) is 30.1. The molecule has 4 nitrogen and oxygen atoms in total. The van der Waals surface area contributed by atoms with Gasteiger partial charge in [0.2, 0.25) is 0 Å². The number of carbonyl (C=O) groups excluding carboxylic acids is 1. The molecule has 0 amide bonds. The molecule has 0 aromatic heterocycles. The molecule has 2 aliphatic carbocycles. The maximum atomic E-state index is 12.3. The van der Waals surface area contributed by atoms with Crippen LogP contribution in [-0.2, 0) is 14.3 Å². The van der Waals surface area contributed by atoms with Gasteiger partial charge in [0.15, 0.2) is 0 Å². The van der Waals surface area contributed by atoms with Crippen LogP contribution in [-0.4, -0.2) is 23.7 Å². The highest BCUT2D eigenvalue weighted by atomic mass is 16.5. The molecule has 6 atom stereocenters. The first-order chi connectivity index (χ1) is 16.8. The summed E-state index contributed by atoms with van der Waals surface area (Å²) in [7, 11) is 0. The molecule has 36 heavy (non-hydrogen) atoms. The molecule has 1 saturated carbocycles. The standard InChI is InChI=1S/C32H50O4/c1-10-36-30(35)18-20-32(9)26(22(4)5)14-12-24(7)28(32)16-15-27-23(6)11-13-25(21(2)3)31(27,8)19-17-29(33)34/h11,25-28H,2,4,7,10,12-20H2,1,3,5-6,8-9H3,(H,33,34)/t25-,26-,27-,28-,31-,32-/m0/s1. The van der Waals surface area contributed by atoms with Gasteiger partial charge in [-0.3, -0.25) is 9.59 Å². The van der Waals surface area contributed by atoms with Crippen molar-refractivity contribution in [3.8, 4) is 0 Å². The molecule has 0 aromatic carbocycles. The Morgan fingerprint density at radius 3 is 2.14 bits per heavy atom. The minimum atomic E-state index is -0.737. The van der Waals surface area contributed by atoms with Crippen molar-refractivity contribution in [2.75, 3.05) is 6.61 Å². The van der Waals surface area contributed by atoms with E-state index in [1.807, 2.05) is 6.92 Å². The number of esters is 1. The number of allylic oxidation sites excluding steroid dienone is 5. The zero-order chi connectivity index (χ0) is 27.3. The van der Waals surface area contributed by atoms with Crippen LogP contribution in [0, 0.1) is 34.5 Å². The highest BCUT2D eigenvalue weighted by Gasteiger charge is 2.48. The van der Waals surface area contributed by atoms with E-state index in [4.69, 9.17) is 4.74 Å². The summed E-state index contributed by atoms with van der Waals surface area (Å²) in [5.41, 5.74) is 4.72. The molecule has 0 saturated heterocycles. The quantitative estimate of drug-likeness (QED) is 0.217. The van der Waals surface area contributed by atoms with Gasteiger partial charge in [0.05, 0.1) is 6.61 Å². The fourth-order valence-electron chi connectivity index (χ4n) is 7.70. The summed E-state index contributed by atoms with van der Waals surface area (Å²) in [4.78, 5) is 23.9. The van der Waals surface area contributed by atoms with Gasteiger partial charge in [-0.2, -0.15) is 0 Å². The average molecular weight is 499 g/mol. The lowest BCUT2D eigenvalue weighted by atomic mass is 9.53. The van der Waals surface area contributed by atoms with Crippen molar-refractivity contribution >= 4 is 11.9 Å². The zero-order valence-corrected chi connectivity index (χ0v) is 23.8. The number of aliphatic carboxylic acids is 1. The van der Waals surface area contributed by atoms with E-state index < -0.39 is 5.97 Å². The molecule has 0 unspecified atom stereocenters. The van der Waals surface area contributed by atoms with Crippen LogP contribution in [0.3, 0.4) is 0 Å². The SMILES string of the molecule is C=C(C)[C@@H]1CCC(=C)[C@H](CC[C@H]2C(C)=CC[C@@H](C(=C)C)[C@]2(C)CCC(=O)O)[C@@]1(C)CCC(=O)OCC. The molecule has 0 bridgehead atoms. The molecule has 2 rings (SSSR count). The van der Waals surface area contributed by atoms with Gasteiger partial charge in [0.1, 0.15) is 0 Å². The minimum absolute atomic E-state index is 0.106. The number of carboxylic acids is 1. The molecule has 0 aliphatic heterocycles. The molecular formula is C32H50O4. The Balaban J connectivity index is 2.37. The minimum Gasteiger partial charge on any atom is -0.481 e. The molecule has 0 heterocycles. The molecule has 0 radical (unpaired) electrons. The molecule has 0 spiro atoms. The normalized spacial score (nSPS) is 32.5. The lowest BCUT2D eigenvalue weighted by Gasteiger charge is -2.52. The molecule has 1 N–H and O–H groups in total. The van der Waals surface area contributed by atoms with E-state index in [1.165, 1.54) is 16.7 Å². The highest BCUT2D eigenvalue weighted by Crippen LogP contribution is 2.57. The maximum absolute atomic E-state index is 12.3. The number of rotatable bonds is 12. The van der Waals surface area contributed by atoms with Crippen LogP contribution < -0.4 is 0 Å². The smallest absolute Gasteiger partial charge is 0.305 e. The fourth-order valence-corrected chi connectivity index (χ4v) is 7.70. The molecular weight excluding hydrogens is 448 g/mol. The number of carboxylic acid groups (broad SMARTS) is 1. The van der Waals surface area contributed by atoms with Gasteiger partial charge in [-0.05, 0) is 107 Å². The third-order valence-corrected chi connectivity index (χ3v) is 9.64. The second-order valence-electron chi connectivity index (χ2n) is 12.1. The van der Waals surface area contributed by atoms with Crippen LogP contribution in [0.15, 0.2) is 48.1 Å². The lowest BCUT2D eigenvalue weighted by Crippen LogP contribution is -2.43. The lowest BCUT2D eigenvalue weighted by molar-refractivity contribution is -0.144. The van der Waals surface area contributed by atoms with Crippen molar-refractivity contribution in [3.05, 3.63) is 48.1 Å². The Morgan fingerprint density at radius 2 is 1.58 bits per heavy atom. The van der Waals surface area contributed by atoms with Gasteiger partial charge in [-0.1, -0.05) is 62.0 Å². The van der Waals surface area contributed by atoms with E-state index in [0.717, 1.165) is 44.1 Å². The number of ether oxygens (including phenoxy) is 1. The zero-order valence-electron chi connectivity index (χ0n) is 23.8. The second kappa shape index (κ2) is 12.4. The van der Waals surface area contributed by atoms with E-state index in [0.29, 0.717) is 31.3 Å². The maximum Gasteiger partial charge on any atom is 0.305 e. The van der Waals surface area contributed by atoms with Crippen molar-refractivity contribution in [1.29, 1.82) is 0 Å². The third-order valence-electron chi connectivity index (χ3n) is 9.64. The van der Waals surface area contributed by atoms with Crippen molar-refractivity contribution in [3.63, 3.8) is 0 Å². The summed E-state index contributed by atoms with van der Waals surface area (Å²) in [6.07, 6.45) is 9.24. The van der Waals surface area contributed by atoms with E-state index in [2.05, 4.69) is 60.4 Å². The number of carbonyl (C=O) groups is 2. The summed E-state index contributed by atoms with van der Waals surface area (Å²) in [6.45, 7) is 26.4. The van der Waals surface area contributed by atoms with Crippen molar-refractivity contribution in [1.82, 2.24) is 0 Å². The second-order valence-corrected chi connectivity index (χ2v) is 12.1. The highest BCUT2D eigenvalue weighted by molar-refractivity contribution is 5.69. The van der Waals surface area contributed by atoms with Crippen LogP contribution in [0.5, 0.6) is 0 Å². The van der Waals surface area contributed by atoms with Crippen LogP contribution >= 0.6 is 0 Å². The van der Waals surface area contributed by atoms with Crippen molar-refractivity contribution in [2.24, 2.45) is 34.5 Å². The Morgan fingerprint density at radius 1 is 1.03 bits per heavy atom.